The molecule has 0 saturated carbocycles. The van der Waals surface area contributed by atoms with Gasteiger partial charge < -0.3 is 4.90 Å². The zero-order valence-electron chi connectivity index (χ0n) is 16.3. The molecule has 0 bridgehead atoms. The molecular weight excluding hydrogens is 438 g/mol. The molecule has 1 N–H and O–H groups in total. The normalized spacial score (nSPS) is 14.8. The van der Waals surface area contributed by atoms with Crippen molar-refractivity contribution < 1.29 is 17.0 Å². The number of alkyl halides is 3. The molecule has 1 fully saturated rings. The molecule has 0 radical (unpaired) electrons. The highest BCUT2D eigenvalue weighted by Crippen LogP contribution is 2.29. The fraction of sp³-hybridized carbons (Fsp3) is 0.381. The van der Waals surface area contributed by atoms with Gasteiger partial charge in [0.1, 0.15) is 5.84 Å². The molecule has 2 aromatic rings. The van der Waals surface area contributed by atoms with Crippen LogP contribution < -0.4 is 0 Å². The number of hydrogen-bond acceptors (Lipinski definition) is 3. The van der Waals surface area contributed by atoms with E-state index in [1.54, 1.807) is 6.07 Å². The number of benzene rings is 2. The van der Waals surface area contributed by atoms with Crippen LogP contribution in [0.5, 0.6) is 0 Å². The first kappa shape index (κ1) is 24.5. The molecule has 0 spiro atoms. The first-order valence-corrected chi connectivity index (χ1v) is 10.1. The van der Waals surface area contributed by atoms with Gasteiger partial charge in [0.25, 0.3) is 0 Å². The van der Waals surface area contributed by atoms with Gasteiger partial charge in [0, 0.05) is 31.7 Å². The smallest absolute Gasteiger partial charge is 0.354 e. The molecule has 9 heteroatoms. The Morgan fingerprint density at radius 3 is 2.20 bits per heavy atom. The Morgan fingerprint density at radius 2 is 1.60 bits per heavy atom. The van der Waals surface area contributed by atoms with Crippen LogP contribution in [-0.4, -0.2) is 48.4 Å². The van der Waals surface area contributed by atoms with Gasteiger partial charge in [-0.25, -0.2) is 0 Å². The largest absolute Gasteiger partial charge is 0.416 e. The molecule has 1 aliphatic heterocycles. The molecular formula is C21H24Cl2F3N3O. The van der Waals surface area contributed by atoms with Crippen molar-refractivity contribution >= 4 is 29.6 Å². The van der Waals surface area contributed by atoms with Crippen molar-refractivity contribution in [2.45, 2.75) is 19.0 Å². The van der Waals surface area contributed by atoms with E-state index in [1.165, 1.54) is 11.6 Å². The lowest BCUT2D eigenvalue weighted by Crippen LogP contribution is -2.48. The summed E-state index contributed by atoms with van der Waals surface area (Å²) in [6.45, 7) is 3.99. The van der Waals surface area contributed by atoms with Crippen molar-refractivity contribution in [1.29, 1.82) is 5.41 Å². The van der Waals surface area contributed by atoms with E-state index in [2.05, 4.69) is 44.6 Å². The minimum atomic E-state index is -4.38. The summed E-state index contributed by atoms with van der Waals surface area (Å²) in [5, 5.41) is 8.28. The molecule has 3 rings (SSSR count). The zero-order chi connectivity index (χ0) is 22.0. The minimum absolute atomic E-state index is 0.171. The van der Waals surface area contributed by atoms with E-state index < -0.39 is 11.7 Å². The Labute approximate surface area is 185 Å². The van der Waals surface area contributed by atoms with E-state index >= 15 is 0 Å². The average Bonchev–Trinajstić information content (AvgIpc) is 2.75. The number of aryl methyl sites for hydroxylation is 1. The highest BCUT2D eigenvalue weighted by atomic mass is 35.6. The fourth-order valence-electron chi connectivity index (χ4n) is 3.37. The van der Waals surface area contributed by atoms with E-state index in [4.69, 9.17) is 5.41 Å². The molecule has 0 aliphatic carbocycles. The number of rotatable bonds is 5. The first-order valence-electron chi connectivity index (χ1n) is 9.52. The monoisotopic (exact) mass is 461 g/mol. The number of hydrogen-bond donors (Lipinski definition) is 1. The van der Waals surface area contributed by atoms with Gasteiger partial charge in [-0.05, 0) is 37.1 Å². The van der Waals surface area contributed by atoms with Gasteiger partial charge in [-0.1, -0.05) is 42.5 Å². The average molecular weight is 462 g/mol. The molecule has 2 aromatic carbocycles. The molecule has 1 heterocycles. The third kappa shape index (κ3) is 7.80. The van der Waals surface area contributed by atoms with E-state index in [0.717, 1.165) is 44.6 Å². The van der Waals surface area contributed by atoms with Crippen molar-refractivity contribution in [3.63, 3.8) is 0 Å². The number of nitrogens with zero attached hydrogens (tertiary/aromatic N) is 2. The van der Waals surface area contributed by atoms with Crippen LogP contribution in [0.4, 0.5) is 13.2 Å². The third-order valence-electron chi connectivity index (χ3n) is 4.93. The quantitative estimate of drug-likeness (QED) is 0.465. The van der Waals surface area contributed by atoms with Crippen LogP contribution >= 0.6 is 23.7 Å². The topological polar surface area (TPSA) is 39.6 Å². The third-order valence-corrected chi connectivity index (χ3v) is 4.93. The molecule has 1 saturated heterocycles. The van der Waals surface area contributed by atoms with Crippen molar-refractivity contribution in [2.75, 3.05) is 32.7 Å². The maximum Gasteiger partial charge on any atom is 0.416 e. The fourth-order valence-corrected chi connectivity index (χ4v) is 3.37. The molecule has 0 atom stereocenters. The lowest BCUT2D eigenvalue weighted by Gasteiger charge is -2.36. The van der Waals surface area contributed by atoms with E-state index in [1.807, 2.05) is 23.1 Å². The minimum Gasteiger partial charge on any atom is -0.354 e. The standard InChI is InChI=1S/C21H24F3N3.Cl2O/c22-21(23,24)19-10-4-9-18(16-19)20(25)27-14-12-26(13-15-27)11-5-8-17-6-2-1-3-7-17;1-3-2/h1-4,6-7,9-10,16,25H,5,8,11-15H2;. The zero-order valence-corrected chi connectivity index (χ0v) is 17.9. The summed E-state index contributed by atoms with van der Waals surface area (Å²) in [5.41, 5.74) is 0.953. The summed E-state index contributed by atoms with van der Waals surface area (Å²) < 4.78 is 41.8. The van der Waals surface area contributed by atoms with Crippen molar-refractivity contribution in [1.82, 2.24) is 9.80 Å². The molecule has 0 aromatic heterocycles. The van der Waals surface area contributed by atoms with E-state index in [0.29, 0.717) is 18.7 Å². The van der Waals surface area contributed by atoms with Crippen LogP contribution in [0.3, 0.4) is 0 Å². The second-order valence-electron chi connectivity index (χ2n) is 6.90. The Bertz CT molecular complexity index is 783. The summed E-state index contributed by atoms with van der Waals surface area (Å²) >= 11 is 8.53. The Balaban J connectivity index is 0.00000101. The Kier molecular flexibility index (Phi) is 9.91. The van der Waals surface area contributed by atoms with Gasteiger partial charge in [0.2, 0.25) is 0 Å². The summed E-state index contributed by atoms with van der Waals surface area (Å²) in [7, 11) is 0. The van der Waals surface area contributed by atoms with Crippen LogP contribution in [0.2, 0.25) is 0 Å². The highest BCUT2D eigenvalue weighted by molar-refractivity contribution is 6.24. The second kappa shape index (κ2) is 12.2. The predicted octanol–water partition coefficient (Wildman–Crippen LogP) is 5.59. The molecule has 0 amide bonds. The highest BCUT2D eigenvalue weighted by Gasteiger charge is 2.31. The first-order chi connectivity index (χ1) is 14.3. The van der Waals surface area contributed by atoms with Gasteiger partial charge >= 0.3 is 6.18 Å². The van der Waals surface area contributed by atoms with Crippen molar-refractivity contribution in [3.8, 4) is 0 Å². The summed E-state index contributed by atoms with van der Waals surface area (Å²) in [6.07, 6.45) is -2.26. The van der Waals surface area contributed by atoms with Gasteiger partial charge in [0.15, 0.2) is 0 Å². The maximum absolute atomic E-state index is 12.9. The van der Waals surface area contributed by atoms with Gasteiger partial charge in [-0.15, -0.1) is 0 Å². The lowest BCUT2D eigenvalue weighted by molar-refractivity contribution is -0.137. The van der Waals surface area contributed by atoms with Crippen LogP contribution in [-0.2, 0) is 16.4 Å². The molecule has 4 nitrogen and oxygen atoms in total. The predicted molar refractivity (Wildman–Crippen MR) is 114 cm³/mol. The molecule has 164 valence electrons. The van der Waals surface area contributed by atoms with E-state index in [9.17, 15) is 13.2 Å². The van der Waals surface area contributed by atoms with Gasteiger partial charge in [0.05, 0.1) is 29.3 Å². The summed E-state index contributed by atoms with van der Waals surface area (Å²) in [6, 6.07) is 15.4. The van der Waals surface area contributed by atoms with Gasteiger partial charge in [-0.3, -0.25) is 10.3 Å². The molecule has 1 aliphatic rings. The van der Waals surface area contributed by atoms with Crippen LogP contribution in [0.1, 0.15) is 23.1 Å². The number of amidine groups is 1. The summed E-state index contributed by atoms with van der Waals surface area (Å²) in [5.74, 6) is 0.171. The number of halogens is 5. The van der Waals surface area contributed by atoms with Gasteiger partial charge in [-0.2, -0.15) is 17.0 Å². The number of piperazine rings is 1. The van der Waals surface area contributed by atoms with Crippen LogP contribution in [0.25, 0.3) is 0 Å². The van der Waals surface area contributed by atoms with Crippen molar-refractivity contribution in [2.24, 2.45) is 0 Å². The lowest BCUT2D eigenvalue weighted by atomic mass is 10.1. The SMILES string of the molecule is ClOCl.N=C(c1cccc(C(F)(F)F)c1)N1CCN(CCCc2ccccc2)CC1. The maximum atomic E-state index is 12.9. The second-order valence-corrected chi connectivity index (χ2v) is 7.37. The Hall–Kier alpha value is -1.80. The van der Waals surface area contributed by atoms with Crippen LogP contribution in [0.15, 0.2) is 54.6 Å². The van der Waals surface area contributed by atoms with Crippen LogP contribution in [0, 0.1) is 5.41 Å². The summed E-state index contributed by atoms with van der Waals surface area (Å²) in [4.78, 5) is 4.22. The Morgan fingerprint density at radius 1 is 0.967 bits per heavy atom. The molecule has 30 heavy (non-hydrogen) atoms. The van der Waals surface area contributed by atoms with E-state index in [-0.39, 0.29) is 5.84 Å². The molecule has 0 unspecified atom stereocenters. The number of nitrogens with one attached hydrogen (secondary N) is 1. The van der Waals surface area contributed by atoms with Crippen molar-refractivity contribution in [3.05, 3.63) is 71.3 Å².